The maximum Gasteiger partial charge on any atom is 0.242 e. The number of amides is 1. The zero-order chi connectivity index (χ0) is 14.0. The molecular formula is C14H20N4O. The van der Waals surface area contributed by atoms with Crippen molar-refractivity contribution in [2.24, 2.45) is 0 Å². The fourth-order valence-electron chi connectivity index (χ4n) is 1.90. The van der Waals surface area contributed by atoms with E-state index in [1.165, 1.54) is 11.1 Å². The van der Waals surface area contributed by atoms with E-state index in [1.54, 1.807) is 4.68 Å². The Kier molecular flexibility index (Phi) is 3.83. The summed E-state index contributed by atoms with van der Waals surface area (Å²) in [6.45, 7) is 8.34. The third-order valence-corrected chi connectivity index (χ3v) is 3.44. The average Bonchev–Trinajstić information content (AvgIpc) is 2.72. The summed E-state index contributed by atoms with van der Waals surface area (Å²) in [5.74, 6) is -0.0284. The molecule has 5 heteroatoms. The van der Waals surface area contributed by atoms with Crippen molar-refractivity contribution in [1.29, 1.82) is 0 Å². The number of rotatable bonds is 4. The van der Waals surface area contributed by atoms with Crippen molar-refractivity contribution in [2.45, 2.75) is 46.7 Å². The van der Waals surface area contributed by atoms with Crippen LogP contribution in [0.25, 0.3) is 11.0 Å². The minimum Gasteiger partial charge on any atom is -0.352 e. The number of fused-ring (bicyclic) bond motifs is 1. The van der Waals surface area contributed by atoms with Crippen LogP contribution in [0.1, 0.15) is 31.4 Å². The maximum absolute atomic E-state index is 11.9. The summed E-state index contributed by atoms with van der Waals surface area (Å²) in [6.07, 6.45) is 0.919. The van der Waals surface area contributed by atoms with Crippen molar-refractivity contribution in [3.8, 4) is 0 Å². The minimum absolute atomic E-state index is 0.0284. The van der Waals surface area contributed by atoms with Crippen LogP contribution in [0.5, 0.6) is 0 Å². The van der Waals surface area contributed by atoms with Crippen molar-refractivity contribution >= 4 is 16.9 Å². The van der Waals surface area contributed by atoms with Crippen LogP contribution >= 0.6 is 0 Å². The zero-order valence-corrected chi connectivity index (χ0v) is 11.9. The van der Waals surface area contributed by atoms with E-state index in [2.05, 4.69) is 15.6 Å². The molecule has 0 aliphatic rings. The Bertz CT molecular complexity index is 603. The molecule has 2 aromatic rings. The lowest BCUT2D eigenvalue weighted by molar-refractivity contribution is -0.122. The number of benzene rings is 1. The second kappa shape index (κ2) is 5.38. The lowest BCUT2D eigenvalue weighted by Crippen LogP contribution is -2.34. The van der Waals surface area contributed by atoms with Crippen molar-refractivity contribution in [3.63, 3.8) is 0 Å². The van der Waals surface area contributed by atoms with Crippen LogP contribution in [0.15, 0.2) is 12.1 Å². The highest BCUT2D eigenvalue weighted by molar-refractivity contribution is 5.80. The molecule has 2 rings (SSSR count). The predicted octanol–water partition coefficient (Wildman–Crippen LogP) is 1.96. The van der Waals surface area contributed by atoms with E-state index < -0.39 is 0 Å². The molecule has 0 aliphatic carbocycles. The van der Waals surface area contributed by atoms with Crippen molar-refractivity contribution in [2.75, 3.05) is 0 Å². The molecule has 1 unspecified atom stereocenters. The second-order valence-corrected chi connectivity index (χ2v) is 5.05. The molecular weight excluding hydrogens is 240 g/mol. The first-order chi connectivity index (χ1) is 9.01. The highest BCUT2D eigenvalue weighted by Gasteiger charge is 2.11. The molecule has 1 heterocycles. The van der Waals surface area contributed by atoms with Gasteiger partial charge in [-0.2, -0.15) is 0 Å². The van der Waals surface area contributed by atoms with Crippen LogP contribution < -0.4 is 5.32 Å². The van der Waals surface area contributed by atoms with E-state index in [-0.39, 0.29) is 18.5 Å². The summed E-state index contributed by atoms with van der Waals surface area (Å²) >= 11 is 0. The van der Waals surface area contributed by atoms with E-state index in [0.717, 1.165) is 17.5 Å². The fraction of sp³-hybridized carbons (Fsp3) is 0.500. The van der Waals surface area contributed by atoms with E-state index in [1.807, 2.05) is 39.8 Å². The summed E-state index contributed by atoms with van der Waals surface area (Å²) in [6, 6.07) is 4.22. The summed E-state index contributed by atoms with van der Waals surface area (Å²) < 4.78 is 1.65. The molecule has 0 saturated heterocycles. The zero-order valence-electron chi connectivity index (χ0n) is 11.9. The van der Waals surface area contributed by atoms with Crippen LogP contribution in [0.3, 0.4) is 0 Å². The van der Waals surface area contributed by atoms with Gasteiger partial charge in [-0.25, -0.2) is 4.68 Å². The second-order valence-electron chi connectivity index (χ2n) is 5.05. The summed E-state index contributed by atoms with van der Waals surface area (Å²) in [5.41, 5.74) is 4.10. The Balaban J connectivity index is 2.22. The smallest absolute Gasteiger partial charge is 0.242 e. The lowest BCUT2D eigenvalue weighted by atomic mass is 10.1. The molecule has 1 N–H and O–H groups in total. The molecule has 0 saturated carbocycles. The highest BCUT2D eigenvalue weighted by Crippen LogP contribution is 2.16. The Morgan fingerprint density at radius 3 is 2.74 bits per heavy atom. The summed E-state index contributed by atoms with van der Waals surface area (Å²) in [4.78, 5) is 11.9. The number of hydrogen-bond acceptors (Lipinski definition) is 3. The summed E-state index contributed by atoms with van der Waals surface area (Å²) in [7, 11) is 0. The lowest BCUT2D eigenvalue weighted by Gasteiger charge is -2.11. The van der Waals surface area contributed by atoms with E-state index in [9.17, 15) is 4.79 Å². The topological polar surface area (TPSA) is 59.8 Å². The predicted molar refractivity (Wildman–Crippen MR) is 74.9 cm³/mol. The Morgan fingerprint density at radius 2 is 2.05 bits per heavy atom. The van der Waals surface area contributed by atoms with E-state index in [4.69, 9.17) is 0 Å². The molecule has 1 aromatic heterocycles. The summed E-state index contributed by atoms with van der Waals surface area (Å²) in [5, 5.41) is 11.1. The molecule has 0 fully saturated rings. The fourth-order valence-corrected chi connectivity index (χ4v) is 1.90. The van der Waals surface area contributed by atoms with Gasteiger partial charge in [0.05, 0.1) is 5.52 Å². The van der Waals surface area contributed by atoms with Crippen LogP contribution in [0.4, 0.5) is 0 Å². The van der Waals surface area contributed by atoms with Gasteiger partial charge in [0.25, 0.3) is 0 Å². The normalized spacial score (nSPS) is 12.6. The van der Waals surface area contributed by atoms with Gasteiger partial charge in [0.2, 0.25) is 5.91 Å². The Morgan fingerprint density at radius 1 is 1.37 bits per heavy atom. The van der Waals surface area contributed by atoms with Crippen LogP contribution in [-0.2, 0) is 11.3 Å². The average molecular weight is 260 g/mol. The first kappa shape index (κ1) is 13.5. The molecule has 0 aliphatic heterocycles. The molecule has 1 amide bonds. The van der Waals surface area contributed by atoms with Crippen molar-refractivity contribution < 1.29 is 4.79 Å². The molecule has 0 radical (unpaired) electrons. The van der Waals surface area contributed by atoms with E-state index in [0.29, 0.717) is 0 Å². The van der Waals surface area contributed by atoms with Crippen LogP contribution in [0.2, 0.25) is 0 Å². The monoisotopic (exact) mass is 260 g/mol. The molecule has 0 spiro atoms. The third-order valence-electron chi connectivity index (χ3n) is 3.44. The van der Waals surface area contributed by atoms with Gasteiger partial charge in [-0.1, -0.05) is 12.1 Å². The molecule has 5 nitrogen and oxygen atoms in total. The number of hydrogen-bond donors (Lipinski definition) is 1. The number of carbonyl (C=O) groups is 1. The first-order valence-electron chi connectivity index (χ1n) is 6.61. The van der Waals surface area contributed by atoms with Gasteiger partial charge < -0.3 is 5.32 Å². The van der Waals surface area contributed by atoms with Crippen molar-refractivity contribution in [1.82, 2.24) is 20.3 Å². The van der Waals surface area contributed by atoms with Crippen LogP contribution in [-0.4, -0.2) is 26.9 Å². The number of aromatic nitrogens is 3. The molecule has 102 valence electrons. The largest absolute Gasteiger partial charge is 0.352 e. The SMILES string of the molecule is CCC(C)NC(=O)Cn1nnc2cc(C)c(C)cc21. The molecule has 1 atom stereocenters. The number of nitrogens with one attached hydrogen (secondary N) is 1. The van der Waals surface area contributed by atoms with Gasteiger partial charge in [-0.3, -0.25) is 4.79 Å². The first-order valence-corrected chi connectivity index (χ1v) is 6.61. The molecule has 1 aromatic carbocycles. The number of nitrogens with zero attached hydrogens (tertiary/aromatic N) is 3. The van der Waals surface area contributed by atoms with Gasteiger partial charge in [0.1, 0.15) is 12.1 Å². The number of carbonyl (C=O) groups excluding carboxylic acids is 1. The number of aryl methyl sites for hydroxylation is 2. The minimum atomic E-state index is -0.0284. The van der Waals surface area contributed by atoms with E-state index >= 15 is 0 Å². The van der Waals surface area contributed by atoms with Gasteiger partial charge in [0.15, 0.2) is 0 Å². The van der Waals surface area contributed by atoms with Crippen LogP contribution in [0, 0.1) is 13.8 Å². The Labute approximate surface area is 113 Å². The molecule has 19 heavy (non-hydrogen) atoms. The van der Waals surface area contributed by atoms with Gasteiger partial charge in [0, 0.05) is 6.04 Å². The maximum atomic E-state index is 11.9. The Hall–Kier alpha value is -1.91. The standard InChI is InChI=1S/C14H20N4O/c1-5-11(4)15-14(19)8-18-13-7-10(3)9(2)6-12(13)16-17-18/h6-7,11H,5,8H2,1-4H3,(H,15,19). The van der Waals surface area contributed by atoms with Gasteiger partial charge in [-0.05, 0) is 50.5 Å². The van der Waals surface area contributed by atoms with Gasteiger partial charge in [-0.15, -0.1) is 5.10 Å². The van der Waals surface area contributed by atoms with Crippen molar-refractivity contribution in [3.05, 3.63) is 23.3 Å². The quantitative estimate of drug-likeness (QED) is 0.914. The third kappa shape index (κ3) is 2.92. The van der Waals surface area contributed by atoms with Gasteiger partial charge >= 0.3 is 0 Å². The molecule has 0 bridgehead atoms. The highest BCUT2D eigenvalue weighted by atomic mass is 16.2.